The van der Waals surface area contributed by atoms with Crippen LogP contribution in [0.25, 0.3) is 0 Å². The normalized spacial score (nSPS) is 9.92. The summed E-state index contributed by atoms with van der Waals surface area (Å²) >= 11 is 5.89. The molecular formula is C16H16ClN3O4. The Kier molecular flexibility index (Phi) is 5.86. The van der Waals surface area contributed by atoms with Crippen LogP contribution in [0.5, 0.6) is 5.75 Å². The number of nitrogens with one attached hydrogen (secondary N) is 2. The van der Waals surface area contributed by atoms with E-state index in [0.717, 1.165) is 0 Å². The zero-order valence-corrected chi connectivity index (χ0v) is 13.6. The predicted octanol–water partition coefficient (Wildman–Crippen LogP) is 4.10. The average Bonchev–Trinajstić information content (AvgIpc) is 2.53. The SMILES string of the molecule is CCOC(=O)Oc1ccc(NC(=O)Nc2ccc(N)c(Cl)c2)cc1. The van der Waals surface area contributed by atoms with Crippen molar-refractivity contribution in [3.63, 3.8) is 0 Å². The Morgan fingerprint density at radius 2 is 1.71 bits per heavy atom. The smallest absolute Gasteiger partial charge is 0.434 e. The number of nitrogen functional groups attached to an aromatic ring is 1. The minimum atomic E-state index is -0.781. The molecule has 2 aromatic carbocycles. The van der Waals surface area contributed by atoms with E-state index in [4.69, 9.17) is 22.1 Å². The van der Waals surface area contributed by atoms with Crippen LogP contribution in [0.15, 0.2) is 42.5 Å². The van der Waals surface area contributed by atoms with Gasteiger partial charge < -0.3 is 25.8 Å². The number of rotatable bonds is 4. The van der Waals surface area contributed by atoms with Gasteiger partial charge in [-0.1, -0.05) is 11.6 Å². The number of hydrogen-bond donors (Lipinski definition) is 3. The molecule has 0 atom stereocenters. The standard InChI is InChI=1S/C16H16ClN3O4/c1-2-23-16(22)24-12-6-3-10(4-7-12)19-15(21)20-11-5-8-14(18)13(17)9-11/h3-9H,2,18H2,1H3,(H2,19,20,21). The van der Waals surface area contributed by atoms with Crippen molar-refractivity contribution in [1.82, 2.24) is 0 Å². The third-order valence-electron chi connectivity index (χ3n) is 2.83. The van der Waals surface area contributed by atoms with Gasteiger partial charge in [0.2, 0.25) is 0 Å². The highest BCUT2D eigenvalue weighted by Crippen LogP contribution is 2.23. The number of carbonyl (C=O) groups is 2. The van der Waals surface area contributed by atoms with Crippen molar-refractivity contribution in [2.45, 2.75) is 6.92 Å². The van der Waals surface area contributed by atoms with E-state index in [1.54, 1.807) is 37.3 Å². The summed E-state index contributed by atoms with van der Waals surface area (Å²) in [7, 11) is 0. The van der Waals surface area contributed by atoms with E-state index in [9.17, 15) is 9.59 Å². The molecular weight excluding hydrogens is 334 g/mol. The molecule has 126 valence electrons. The Labute approximate surface area is 143 Å². The molecule has 0 aliphatic rings. The lowest BCUT2D eigenvalue weighted by atomic mass is 10.3. The number of carbonyl (C=O) groups excluding carboxylic acids is 2. The maximum atomic E-state index is 11.9. The fourth-order valence-electron chi connectivity index (χ4n) is 1.75. The molecule has 0 aliphatic carbocycles. The van der Waals surface area contributed by atoms with E-state index < -0.39 is 12.2 Å². The fraction of sp³-hybridized carbons (Fsp3) is 0.125. The van der Waals surface area contributed by atoms with E-state index in [1.165, 1.54) is 12.1 Å². The van der Waals surface area contributed by atoms with Gasteiger partial charge in [0.05, 0.1) is 17.3 Å². The van der Waals surface area contributed by atoms with E-state index in [1.807, 2.05) is 0 Å². The van der Waals surface area contributed by atoms with Crippen LogP contribution in [0.4, 0.5) is 26.7 Å². The number of halogens is 1. The maximum Gasteiger partial charge on any atom is 0.513 e. The Balaban J connectivity index is 1.91. The molecule has 0 saturated heterocycles. The molecule has 0 saturated carbocycles. The molecule has 0 unspecified atom stereocenters. The highest BCUT2D eigenvalue weighted by molar-refractivity contribution is 6.33. The van der Waals surface area contributed by atoms with Gasteiger partial charge in [0.25, 0.3) is 0 Å². The molecule has 24 heavy (non-hydrogen) atoms. The number of benzene rings is 2. The van der Waals surface area contributed by atoms with Gasteiger partial charge in [0.1, 0.15) is 5.75 Å². The van der Waals surface area contributed by atoms with Gasteiger partial charge in [-0.05, 0) is 49.4 Å². The molecule has 0 heterocycles. The third kappa shape index (κ3) is 5.06. The minimum Gasteiger partial charge on any atom is -0.434 e. The summed E-state index contributed by atoms with van der Waals surface area (Å²) < 4.78 is 9.58. The van der Waals surface area contributed by atoms with Crippen LogP contribution in [0, 0.1) is 0 Å². The first-order valence-electron chi connectivity index (χ1n) is 7.05. The molecule has 0 aromatic heterocycles. The molecule has 2 amide bonds. The van der Waals surface area contributed by atoms with Crippen molar-refractivity contribution in [3.05, 3.63) is 47.5 Å². The van der Waals surface area contributed by atoms with E-state index in [2.05, 4.69) is 15.4 Å². The van der Waals surface area contributed by atoms with Crippen LogP contribution >= 0.6 is 11.6 Å². The minimum absolute atomic E-state index is 0.230. The number of nitrogens with two attached hydrogens (primary N) is 1. The molecule has 8 heteroatoms. The zero-order valence-electron chi connectivity index (χ0n) is 12.8. The molecule has 2 aromatic rings. The Hall–Kier alpha value is -2.93. The van der Waals surface area contributed by atoms with Gasteiger partial charge in [-0.15, -0.1) is 0 Å². The monoisotopic (exact) mass is 349 g/mol. The maximum absolute atomic E-state index is 11.9. The van der Waals surface area contributed by atoms with Gasteiger partial charge in [0, 0.05) is 11.4 Å². The van der Waals surface area contributed by atoms with Gasteiger partial charge in [-0.25, -0.2) is 9.59 Å². The third-order valence-corrected chi connectivity index (χ3v) is 3.16. The quantitative estimate of drug-likeness (QED) is 0.438. The van der Waals surface area contributed by atoms with Crippen molar-refractivity contribution in [2.24, 2.45) is 0 Å². The summed E-state index contributed by atoms with van der Waals surface area (Å²) in [6.07, 6.45) is -0.781. The second kappa shape index (κ2) is 8.07. The number of urea groups is 1. The molecule has 4 N–H and O–H groups in total. The van der Waals surface area contributed by atoms with Crippen molar-refractivity contribution < 1.29 is 19.1 Å². The number of ether oxygens (including phenoxy) is 2. The zero-order chi connectivity index (χ0) is 17.5. The molecule has 7 nitrogen and oxygen atoms in total. The lowest BCUT2D eigenvalue weighted by Crippen LogP contribution is -2.19. The first-order chi connectivity index (χ1) is 11.5. The van der Waals surface area contributed by atoms with Crippen LogP contribution in [-0.2, 0) is 4.74 Å². The van der Waals surface area contributed by atoms with E-state index >= 15 is 0 Å². The lowest BCUT2D eigenvalue weighted by Gasteiger charge is -2.09. The Morgan fingerprint density at radius 3 is 2.33 bits per heavy atom. The van der Waals surface area contributed by atoms with Crippen LogP contribution in [-0.4, -0.2) is 18.8 Å². The molecule has 0 aliphatic heterocycles. The topological polar surface area (TPSA) is 103 Å². The summed E-state index contributed by atoms with van der Waals surface area (Å²) in [5.74, 6) is 0.310. The van der Waals surface area contributed by atoms with Crippen LogP contribution in [0.2, 0.25) is 5.02 Å². The van der Waals surface area contributed by atoms with Crippen LogP contribution in [0.3, 0.4) is 0 Å². The van der Waals surface area contributed by atoms with Crippen molar-refractivity contribution in [2.75, 3.05) is 23.0 Å². The first kappa shape index (κ1) is 17.4. The molecule has 0 fully saturated rings. The summed E-state index contributed by atoms with van der Waals surface area (Å²) in [6.45, 7) is 1.91. The highest BCUT2D eigenvalue weighted by atomic mass is 35.5. The fourth-order valence-corrected chi connectivity index (χ4v) is 1.93. The average molecular weight is 350 g/mol. The largest absolute Gasteiger partial charge is 0.513 e. The van der Waals surface area contributed by atoms with Crippen molar-refractivity contribution in [1.29, 1.82) is 0 Å². The molecule has 2 rings (SSSR count). The van der Waals surface area contributed by atoms with Gasteiger partial charge in [-0.2, -0.15) is 0 Å². The predicted molar refractivity (Wildman–Crippen MR) is 92.6 cm³/mol. The number of anilines is 3. The van der Waals surface area contributed by atoms with Gasteiger partial charge in [-0.3, -0.25) is 0 Å². The molecule has 0 spiro atoms. The van der Waals surface area contributed by atoms with Gasteiger partial charge >= 0.3 is 12.2 Å². The Morgan fingerprint density at radius 1 is 1.08 bits per heavy atom. The second-order valence-electron chi connectivity index (χ2n) is 4.62. The summed E-state index contributed by atoms with van der Waals surface area (Å²) in [4.78, 5) is 23.1. The van der Waals surface area contributed by atoms with Crippen LogP contribution < -0.4 is 21.1 Å². The second-order valence-corrected chi connectivity index (χ2v) is 5.03. The molecule has 0 radical (unpaired) electrons. The van der Waals surface area contributed by atoms with Gasteiger partial charge in [0.15, 0.2) is 0 Å². The Bertz CT molecular complexity index is 735. The summed E-state index contributed by atoms with van der Waals surface area (Å²) in [5, 5.41) is 5.62. The van der Waals surface area contributed by atoms with Crippen LogP contribution in [0.1, 0.15) is 6.92 Å². The van der Waals surface area contributed by atoms with E-state index in [-0.39, 0.29) is 6.61 Å². The number of hydrogen-bond acceptors (Lipinski definition) is 5. The highest BCUT2D eigenvalue weighted by Gasteiger charge is 2.07. The first-order valence-corrected chi connectivity index (χ1v) is 7.43. The van der Waals surface area contributed by atoms with E-state index in [0.29, 0.717) is 27.8 Å². The number of amides is 2. The summed E-state index contributed by atoms with van der Waals surface area (Å²) in [5.41, 5.74) is 7.06. The summed E-state index contributed by atoms with van der Waals surface area (Å²) in [6, 6.07) is 10.6. The lowest BCUT2D eigenvalue weighted by molar-refractivity contribution is 0.104. The van der Waals surface area contributed by atoms with Crippen molar-refractivity contribution in [3.8, 4) is 5.75 Å². The molecule has 0 bridgehead atoms. The van der Waals surface area contributed by atoms with Crippen molar-refractivity contribution >= 4 is 40.8 Å².